The van der Waals surface area contributed by atoms with Crippen LogP contribution in [0, 0.1) is 0 Å². The molecule has 0 saturated heterocycles. The highest BCUT2D eigenvalue weighted by Gasteiger charge is 2.00. The Kier molecular flexibility index (Phi) is 3.69. The first-order chi connectivity index (χ1) is 9.31. The zero-order chi connectivity index (χ0) is 13.1. The lowest BCUT2D eigenvalue weighted by Crippen LogP contribution is -1.98. The molecule has 0 atom stereocenters. The lowest BCUT2D eigenvalue weighted by atomic mass is 10.2. The standard InChI is InChI=1S/C15H16BrN3/c16-13-10-17-19(11-13)8-4-3-6-14-9-12-5-1-2-7-15(12)18-14/h1-2,5,7,9-11,18H,3-4,6,8H2. The van der Waals surface area contributed by atoms with Crippen molar-refractivity contribution in [2.24, 2.45) is 0 Å². The van der Waals surface area contributed by atoms with Crippen molar-refractivity contribution in [2.45, 2.75) is 25.8 Å². The first-order valence-corrected chi connectivity index (χ1v) is 7.35. The number of fused-ring (bicyclic) bond motifs is 1. The van der Waals surface area contributed by atoms with E-state index in [1.54, 1.807) is 0 Å². The van der Waals surface area contributed by atoms with Crippen molar-refractivity contribution in [3.05, 3.63) is 52.9 Å². The Morgan fingerprint density at radius 3 is 2.89 bits per heavy atom. The van der Waals surface area contributed by atoms with Gasteiger partial charge in [-0.1, -0.05) is 18.2 Å². The van der Waals surface area contributed by atoms with Gasteiger partial charge in [0.05, 0.1) is 10.7 Å². The molecule has 2 aromatic heterocycles. The number of aryl methyl sites for hydroxylation is 2. The Balaban J connectivity index is 1.52. The van der Waals surface area contributed by atoms with Crippen LogP contribution < -0.4 is 0 Å². The molecule has 3 rings (SSSR count). The zero-order valence-corrected chi connectivity index (χ0v) is 12.2. The lowest BCUT2D eigenvalue weighted by Gasteiger charge is -2.00. The number of halogens is 1. The van der Waals surface area contributed by atoms with Gasteiger partial charge in [-0.2, -0.15) is 5.10 Å². The second-order valence-electron chi connectivity index (χ2n) is 4.76. The SMILES string of the molecule is Brc1cnn(CCCCc2cc3ccccc3[nH]2)c1. The van der Waals surface area contributed by atoms with E-state index in [-0.39, 0.29) is 0 Å². The maximum Gasteiger partial charge on any atom is 0.0632 e. The van der Waals surface area contributed by atoms with Crippen LogP contribution in [0.25, 0.3) is 10.9 Å². The molecule has 0 aliphatic heterocycles. The number of rotatable bonds is 5. The number of benzene rings is 1. The normalized spacial score (nSPS) is 11.2. The second kappa shape index (κ2) is 5.61. The quantitative estimate of drug-likeness (QED) is 0.705. The van der Waals surface area contributed by atoms with Crippen molar-refractivity contribution < 1.29 is 0 Å². The Hall–Kier alpha value is -1.55. The van der Waals surface area contributed by atoms with Crippen molar-refractivity contribution in [3.63, 3.8) is 0 Å². The first kappa shape index (κ1) is 12.5. The summed E-state index contributed by atoms with van der Waals surface area (Å²) in [5.41, 5.74) is 2.55. The van der Waals surface area contributed by atoms with Crippen LogP contribution in [0.1, 0.15) is 18.5 Å². The van der Waals surface area contributed by atoms with Crippen molar-refractivity contribution in [2.75, 3.05) is 0 Å². The molecule has 1 N–H and O–H groups in total. The highest BCUT2D eigenvalue weighted by atomic mass is 79.9. The van der Waals surface area contributed by atoms with Gasteiger partial charge in [0.25, 0.3) is 0 Å². The molecule has 0 fully saturated rings. The smallest absolute Gasteiger partial charge is 0.0632 e. The van der Waals surface area contributed by atoms with E-state index in [1.165, 1.54) is 23.0 Å². The van der Waals surface area contributed by atoms with Gasteiger partial charge in [-0.25, -0.2) is 0 Å². The van der Waals surface area contributed by atoms with Gasteiger partial charge in [-0.05, 0) is 52.7 Å². The summed E-state index contributed by atoms with van der Waals surface area (Å²) in [6.07, 6.45) is 7.26. The van der Waals surface area contributed by atoms with Gasteiger partial charge >= 0.3 is 0 Å². The highest BCUT2D eigenvalue weighted by molar-refractivity contribution is 9.10. The zero-order valence-electron chi connectivity index (χ0n) is 10.6. The Labute approximate surface area is 120 Å². The van der Waals surface area contributed by atoms with Crippen LogP contribution >= 0.6 is 15.9 Å². The summed E-state index contributed by atoms with van der Waals surface area (Å²) in [6, 6.07) is 10.7. The molecule has 0 aliphatic carbocycles. The van der Waals surface area contributed by atoms with E-state index in [4.69, 9.17) is 0 Å². The van der Waals surface area contributed by atoms with Gasteiger partial charge in [-0.15, -0.1) is 0 Å². The van der Waals surface area contributed by atoms with E-state index in [0.717, 1.165) is 23.9 Å². The fourth-order valence-corrected chi connectivity index (χ4v) is 2.65. The number of nitrogens with zero attached hydrogens (tertiary/aromatic N) is 2. The molecular weight excluding hydrogens is 302 g/mol. The van der Waals surface area contributed by atoms with E-state index < -0.39 is 0 Å². The third-order valence-electron chi connectivity index (χ3n) is 3.27. The van der Waals surface area contributed by atoms with Crippen molar-refractivity contribution in [1.82, 2.24) is 14.8 Å². The summed E-state index contributed by atoms with van der Waals surface area (Å²) in [6.45, 7) is 0.978. The minimum Gasteiger partial charge on any atom is -0.358 e. The van der Waals surface area contributed by atoms with Crippen molar-refractivity contribution in [1.29, 1.82) is 0 Å². The van der Waals surface area contributed by atoms with Crippen molar-refractivity contribution >= 4 is 26.8 Å². The number of aromatic amines is 1. The molecule has 2 heterocycles. The maximum atomic E-state index is 4.26. The number of aromatic nitrogens is 3. The molecule has 98 valence electrons. The van der Waals surface area contributed by atoms with Gasteiger partial charge in [-0.3, -0.25) is 4.68 Å². The Bertz CT molecular complexity index is 636. The number of hydrogen-bond donors (Lipinski definition) is 1. The Morgan fingerprint density at radius 1 is 1.21 bits per heavy atom. The summed E-state index contributed by atoms with van der Waals surface area (Å²) < 4.78 is 3.03. The van der Waals surface area contributed by atoms with Crippen LogP contribution in [0.3, 0.4) is 0 Å². The molecule has 0 bridgehead atoms. The third kappa shape index (κ3) is 3.07. The maximum absolute atomic E-state index is 4.26. The molecule has 3 nitrogen and oxygen atoms in total. The van der Waals surface area contributed by atoms with E-state index in [0.29, 0.717) is 0 Å². The van der Waals surface area contributed by atoms with E-state index in [9.17, 15) is 0 Å². The Morgan fingerprint density at radius 2 is 2.11 bits per heavy atom. The predicted molar refractivity (Wildman–Crippen MR) is 81.2 cm³/mol. The van der Waals surface area contributed by atoms with E-state index in [2.05, 4.69) is 56.3 Å². The van der Waals surface area contributed by atoms with Crippen LogP contribution in [0.5, 0.6) is 0 Å². The fraction of sp³-hybridized carbons (Fsp3) is 0.267. The van der Waals surface area contributed by atoms with Gasteiger partial charge in [0.1, 0.15) is 0 Å². The van der Waals surface area contributed by atoms with Crippen LogP contribution in [0.2, 0.25) is 0 Å². The highest BCUT2D eigenvalue weighted by Crippen LogP contribution is 2.16. The number of hydrogen-bond acceptors (Lipinski definition) is 1. The van der Waals surface area contributed by atoms with Gasteiger partial charge in [0, 0.05) is 24.0 Å². The first-order valence-electron chi connectivity index (χ1n) is 6.56. The number of H-pyrrole nitrogens is 1. The largest absolute Gasteiger partial charge is 0.358 e. The minimum absolute atomic E-state index is 0.978. The third-order valence-corrected chi connectivity index (χ3v) is 3.68. The van der Waals surface area contributed by atoms with Crippen LogP contribution in [0.4, 0.5) is 0 Å². The molecule has 4 heteroatoms. The van der Waals surface area contributed by atoms with Gasteiger partial charge < -0.3 is 4.98 Å². The van der Waals surface area contributed by atoms with Gasteiger partial charge in [0.2, 0.25) is 0 Å². The minimum atomic E-state index is 0.978. The molecule has 1 aromatic carbocycles. The number of para-hydroxylation sites is 1. The predicted octanol–water partition coefficient (Wildman–Crippen LogP) is 4.15. The fourth-order valence-electron chi connectivity index (χ4n) is 2.32. The molecule has 0 amide bonds. The van der Waals surface area contributed by atoms with Crippen molar-refractivity contribution in [3.8, 4) is 0 Å². The molecule has 0 spiro atoms. The van der Waals surface area contributed by atoms with Crippen LogP contribution in [0.15, 0.2) is 47.2 Å². The summed E-state index contributed by atoms with van der Waals surface area (Å²) >= 11 is 3.41. The average molecular weight is 318 g/mol. The van der Waals surface area contributed by atoms with Crippen LogP contribution in [-0.4, -0.2) is 14.8 Å². The van der Waals surface area contributed by atoms with Gasteiger partial charge in [0.15, 0.2) is 0 Å². The molecular formula is C15H16BrN3. The molecule has 19 heavy (non-hydrogen) atoms. The lowest BCUT2D eigenvalue weighted by molar-refractivity contribution is 0.556. The monoisotopic (exact) mass is 317 g/mol. The summed E-state index contributed by atoms with van der Waals surface area (Å²) in [7, 11) is 0. The molecule has 0 saturated carbocycles. The summed E-state index contributed by atoms with van der Waals surface area (Å²) in [5.74, 6) is 0. The number of nitrogens with one attached hydrogen (secondary N) is 1. The number of unbranched alkanes of at least 4 members (excludes halogenated alkanes) is 1. The molecule has 0 aliphatic rings. The van der Waals surface area contributed by atoms with E-state index >= 15 is 0 Å². The van der Waals surface area contributed by atoms with E-state index in [1.807, 2.05) is 17.1 Å². The topological polar surface area (TPSA) is 33.6 Å². The molecule has 0 radical (unpaired) electrons. The summed E-state index contributed by atoms with van der Waals surface area (Å²) in [5, 5.41) is 5.56. The second-order valence-corrected chi connectivity index (χ2v) is 5.68. The molecule has 0 unspecified atom stereocenters. The summed E-state index contributed by atoms with van der Waals surface area (Å²) in [4.78, 5) is 3.47. The van der Waals surface area contributed by atoms with Crippen LogP contribution in [-0.2, 0) is 13.0 Å². The molecule has 3 aromatic rings. The average Bonchev–Trinajstić information content (AvgIpc) is 3.00.